The van der Waals surface area contributed by atoms with E-state index in [0.717, 1.165) is 16.4 Å². The van der Waals surface area contributed by atoms with Crippen LogP contribution in [0.25, 0.3) is 21.9 Å². The Morgan fingerprint density at radius 2 is 1.69 bits per heavy atom. The maximum Gasteiger partial charge on any atom is 0.155 e. The van der Waals surface area contributed by atoms with Gasteiger partial charge in [-0.3, -0.25) is 0 Å². The van der Waals surface area contributed by atoms with Crippen LogP contribution in [0.15, 0.2) is 34.7 Å². The minimum absolute atomic E-state index is 0.437. The normalized spacial score (nSPS) is 11.4. The summed E-state index contributed by atoms with van der Waals surface area (Å²) in [5, 5.41) is 3.46. The zero-order valence-electron chi connectivity index (χ0n) is 7.93. The lowest BCUT2D eigenvalue weighted by molar-refractivity contribution is 0.669. The molecule has 0 saturated carbocycles. The second kappa shape index (κ2) is 3.56. The van der Waals surface area contributed by atoms with E-state index >= 15 is 0 Å². The molecule has 0 aliphatic carbocycles. The molecule has 0 amide bonds. The van der Waals surface area contributed by atoms with Crippen LogP contribution in [0.4, 0.5) is 0 Å². The minimum atomic E-state index is 0.437. The third-order valence-electron chi connectivity index (χ3n) is 2.49. The number of rotatable bonds is 0. The van der Waals surface area contributed by atoms with E-state index < -0.39 is 0 Å². The largest absolute Gasteiger partial charge is 0.454 e. The van der Waals surface area contributed by atoms with E-state index in [0.29, 0.717) is 20.7 Å². The summed E-state index contributed by atoms with van der Waals surface area (Å²) in [6, 6.07) is 9.09. The Morgan fingerprint density at radius 3 is 2.50 bits per heavy atom. The standard InChI is InChI=1S/C12H5Cl3O/c13-6-1-4-10-8(5-6)7-2-3-9(14)11(15)12(7)16-10/h1-5H. The molecule has 3 aromatic rings. The molecule has 0 unspecified atom stereocenters. The van der Waals surface area contributed by atoms with Crippen molar-refractivity contribution in [1.82, 2.24) is 0 Å². The van der Waals surface area contributed by atoms with Gasteiger partial charge in [0.1, 0.15) is 10.6 Å². The monoisotopic (exact) mass is 270 g/mol. The van der Waals surface area contributed by atoms with Crippen LogP contribution in [0, 0.1) is 0 Å². The Labute approximate surface area is 106 Å². The molecule has 80 valence electrons. The molecule has 1 heterocycles. The summed E-state index contributed by atoms with van der Waals surface area (Å²) in [5.41, 5.74) is 1.36. The van der Waals surface area contributed by atoms with E-state index in [-0.39, 0.29) is 0 Å². The topological polar surface area (TPSA) is 13.1 Å². The fourth-order valence-electron chi connectivity index (χ4n) is 1.76. The van der Waals surface area contributed by atoms with Gasteiger partial charge in [-0.2, -0.15) is 0 Å². The Bertz CT molecular complexity index is 700. The quantitative estimate of drug-likeness (QED) is 0.523. The first kappa shape index (κ1) is 10.3. The molecule has 0 atom stereocenters. The SMILES string of the molecule is Clc1ccc2oc3c(Cl)c(Cl)ccc3c2c1. The minimum Gasteiger partial charge on any atom is -0.454 e. The smallest absolute Gasteiger partial charge is 0.155 e. The van der Waals surface area contributed by atoms with Crippen LogP contribution in [-0.2, 0) is 0 Å². The number of hydrogen-bond acceptors (Lipinski definition) is 1. The van der Waals surface area contributed by atoms with Gasteiger partial charge in [-0.1, -0.05) is 34.8 Å². The van der Waals surface area contributed by atoms with Gasteiger partial charge in [0.15, 0.2) is 5.58 Å². The molecule has 3 rings (SSSR count). The van der Waals surface area contributed by atoms with Crippen molar-refractivity contribution in [2.45, 2.75) is 0 Å². The molecule has 1 nitrogen and oxygen atoms in total. The fraction of sp³-hybridized carbons (Fsp3) is 0. The molecule has 0 aliphatic heterocycles. The van der Waals surface area contributed by atoms with Gasteiger partial charge in [-0.15, -0.1) is 0 Å². The van der Waals surface area contributed by atoms with Crippen molar-refractivity contribution in [1.29, 1.82) is 0 Å². The van der Waals surface area contributed by atoms with Crippen LogP contribution in [0.5, 0.6) is 0 Å². The highest BCUT2D eigenvalue weighted by atomic mass is 35.5. The molecule has 0 N–H and O–H groups in total. The van der Waals surface area contributed by atoms with Crippen LogP contribution < -0.4 is 0 Å². The van der Waals surface area contributed by atoms with Crippen molar-refractivity contribution < 1.29 is 4.42 Å². The second-order valence-corrected chi connectivity index (χ2v) is 4.70. The highest BCUT2D eigenvalue weighted by Gasteiger charge is 2.12. The van der Waals surface area contributed by atoms with E-state index in [1.165, 1.54) is 0 Å². The Kier molecular flexibility index (Phi) is 2.28. The number of benzene rings is 2. The summed E-state index contributed by atoms with van der Waals surface area (Å²) in [4.78, 5) is 0. The third-order valence-corrected chi connectivity index (χ3v) is 3.52. The molecule has 0 aliphatic rings. The van der Waals surface area contributed by atoms with Gasteiger partial charge < -0.3 is 4.42 Å². The van der Waals surface area contributed by atoms with E-state index in [1.54, 1.807) is 12.1 Å². The Hall–Kier alpha value is -0.890. The predicted molar refractivity (Wildman–Crippen MR) is 68.8 cm³/mol. The summed E-state index contributed by atoms with van der Waals surface area (Å²) < 4.78 is 5.64. The third kappa shape index (κ3) is 1.40. The van der Waals surface area contributed by atoms with Gasteiger partial charge in [0.2, 0.25) is 0 Å². The maximum atomic E-state index is 6.08. The van der Waals surface area contributed by atoms with Gasteiger partial charge in [0, 0.05) is 15.8 Å². The fourth-order valence-corrected chi connectivity index (χ4v) is 2.28. The lowest BCUT2D eigenvalue weighted by Gasteiger charge is -1.94. The predicted octanol–water partition coefficient (Wildman–Crippen LogP) is 5.55. The van der Waals surface area contributed by atoms with Crippen LogP contribution >= 0.6 is 34.8 Å². The molecule has 16 heavy (non-hydrogen) atoms. The van der Waals surface area contributed by atoms with Gasteiger partial charge in [-0.05, 0) is 30.3 Å². The molecular formula is C12H5Cl3O. The first-order valence-electron chi connectivity index (χ1n) is 4.62. The molecule has 0 bridgehead atoms. The number of halogens is 3. The van der Waals surface area contributed by atoms with Crippen molar-refractivity contribution in [2.24, 2.45) is 0 Å². The van der Waals surface area contributed by atoms with Crippen molar-refractivity contribution >= 4 is 56.7 Å². The number of hydrogen-bond donors (Lipinski definition) is 0. The van der Waals surface area contributed by atoms with Crippen LogP contribution in [-0.4, -0.2) is 0 Å². The molecular weight excluding hydrogens is 266 g/mol. The molecule has 0 spiro atoms. The number of furan rings is 1. The molecule has 0 fully saturated rings. The summed E-state index contributed by atoms with van der Waals surface area (Å²) in [6.07, 6.45) is 0. The highest BCUT2D eigenvalue weighted by Crippen LogP contribution is 2.37. The summed E-state index contributed by atoms with van der Waals surface area (Å²) in [5.74, 6) is 0. The van der Waals surface area contributed by atoms with Crippen LogP contribution in [0.1, 0.15) is 0 Å². The average Bonchev–Trinajstić information content (AvgIpc) is 2.62. The first-order valence-corrected chi connectivity index (χ1v) is 5.76. The zero-order valence-corrected chi connectivity index (χ0v) is 10.2. The first-order chi connectivity index (χ1) is 7.66. The van der Waals surface area contributed by atoms with E-state index in [4.69, 9.17) is 39.2 Å². The maximum absolute atomic E-state index is 6.08. The molecule has 0 radical (unpaired) electrons. The molecule has 1 aromatic heterocycles. The number of fused-ring (bicyclic) bond motifs is 3. The average molecular weight is 272 g/mol. The summed E-state index contributed by atoms with van der Waals surface area (Å²) in [7, 11) is 0. The van der Waals surface area contributed by atoms with Crippen LogP contribution in [0.3, 0.4) is 0 Å². The summed E-state index contributed by atoms with van der Waals surface area (Å²) in [6.45, 7) is 0. The van der Waals surface area contributed by atoms with Crippen LogP contribution in [0.2, 0.25) is 15.1 Å². The molecule has 4 heteroatoms. The molecule has 2 aromatic carbocycles. The highest BCUT2D eigenvalue weighted by molar-refractivity contribution is 6.45. The van der Waals surface area contributed by atoms with Gasteiger partial charge in [0.05, 0.1) is 5.02 Å². The lowest BCUT2D eigenvalue weighted by Crippen LogP contribution is -1.70. The van der Waals surface area contributed by atoms with Crippen molar-refractivity contribution in [2.75, 3.05) is 0 Å². The van der Waals surface area contributed by atoms with Gasteiger partial charge in [0.25, 0.3) is 0 Å². The van der Waals surface area contributed by atoms with Crippen molar-refractivity contribution in [3.8, 4) is 0 Å². The van der Waals surface area contributed by atoms with Crippen molar-refractivity contribution in [3.63, 3.8) is 0 Å². The Balaban J connectivity index is 2.56. The van der Waals surface area contributed by atoms with Crippen molar-refractivity contribution in [3.05, 3.63) is 45.4 Å². The lowest BCUT2D eigenvalue weighted by atomic mass is 10.1. The Morgan fingerprint density at radius 1 is 0.875 bits per heavy atom. The summed E-state index contributed by atoms with van der Waals surface area (Å²) >= 11 is 18.0. The zero-order chi connectivity index (χ0) is 11.3. The van der Waals surface area contributed by atoms with Gasteiger partial charge in [-0.25, -0.2) is 0 Å². The van der Waals surface area contributed by atoms with E-state index in [1.807, 2.05) is 18.2 Å². The van der Waals surface area contributed by atoms with Gasteiger partial charge >= 0.3 is 0 Å². The van der Waals surface area contributed by atoms with E-state index in [2.05, 4.69) is 0 Å². The molecule has 0 saturated heterocycles. The van der Waals surface area contributed by atoms with E-state index in [9.17, 15) is 0 Å². The second-order valence-electron chi connectivity index (χ2n) is 3.48.